The molecular weight excluding hydrogens is 648 g/mol. The third kappa shape index (κ3) is 8.46. The number of fused-ring (bicyclic) bond motifs is 1. The molecule has 2 aliphatic carbocycles. The van der Waals surface area contributed by atoms with Crippen LogP contribution in [0.15, 0.2) is 0 Å². The number of hydrogen-bond acceptors (Lipinski definition) is 16. The third-order valence-electron chi connectivity index (χ3n) is 10.3. The Hall–Kier alpha value is -1.62. The molecule has 48 heavy (non-hydrogen) atoms. The highest BCUT2D eigenvalue weighted by Gasteiger charge is 2.56. The van der Waals surface area contributed by atoms with Crippen molar-refractivity contribution in [3.8, 4) is 0 Å². The van der Waals surface area contributed by atoms with Crippen molar-refractivity contribution in [2.45, 2.75) is 149 Å². The fourth-order valence-electron chi connectivity index (χ4n) is 7.65. The van der Waals surface area contributed by atoms with Crippen LogP contribution in [-0.2, 0) is 33.3 Å². The first-order chi connectivity index (χ1) is 22.8. The number of rotatable bonds is 10. The van der Waals surface area contributed by atoms with Gasteiger partial charge >= 0.3 is 11.9 Å². The molecule has 11 N–H and O–H groups in total. The van der Waals surface area contributed by atoms with Gasteiger partial charge in [-0.05, 0) is 32.1 Å². The van der Waals surface area contributed by atoms with Crippen molar-refractivity contribution in [1.82, 2.24) is 0 Å². The lowest BCUT2D eigenvalue weighted by Crippen LogP contribution is -2.64. The molecular formula is C30H49O18+. The highest BCUT2D eigenvalue weighted by atomic mass is 16.7. The average Bonchev–Trinajstić information content (AvgIpc) is 3.04. The molecule has 0 spiro atoms. The van der Waals surface area contributed by atoms with Crippen molar-refractivity contribution in [3.63, 3.8) is 0 Å². The summed E-state index contributed by atoms with van der Waals surface area (Å²) in [6, 6.07) is 0. The monoisotopic (exact) mass is 697 g/mol. The van der Waals surface area contributed by atoms with Crippen molar-refractivity contribution in [2.75, 3.05) is 13.2 Å². The van der Waals surface area contributed by atoms with Crippen LogP contribution in [0.3, 0.4) is 0 Å². The lowest BCUT2D eigenvalue weighted by atomic mass is 9.73. The van der Waals surface area contributed by atoms with E-state index in [4.69, 9.17) is 33.5 Å². The molecule has 16 atom stereocenters. The van der Waals surface area contributed by atoms with Crippen LogP contribution < -0.4 is 0 Å². The SMILES string of the molecule is O=C(O)CC(=O)OC[C@H]1O[C@@H](OC2CC(O)CC3[OH+]C(C4CCC(O)CC4)C(O[C@@H]4O[C@H](CO)[C@@H](O)[C@H](O)[C@H]4O)CC23)[C@H](O)[C@@H](O)[C@@H]1O. The zero-order valence-electron chi connectivity index (χ0n) is 26.2. The zero-order chi connectivity index (χ0) is 34.9. The van der Waals surface area contributed by atoms with E-state index in [1.165, 1.54) is 0 Å². The summed E-state index contributed by atoms with van der Waals surface area (Å²) in [5.41, 5.74) is 0. The molecule has 0 aromatic heterocycles. The molecule has 0 radical (unpaired) electrons. The van der Waals surface area contributed by atoms with Gasteiger partial charge in [-0.3, -0.25) is 9.59 Å². The molecule has 6 unspecified atom stereocenters. The normalized spacial score (nSPS) is 48.4. The van der Waals surface area contributed by atoms with Crippen LogP contribution in [0.2, 0.25) is 0 Å². The number of carbonyl (C=O) groups is 2. The highest BCUT2D eigenvalue weighted by Crippen LogP contribution is 2.43. The molecule has 5 aliphatic rings. The van der Waals surface area contributed by atoms with E-state index in [1.54, 1.807) is 0 Å². The van der Waals surface area contributed by atoms with E-state index in [9.17, 15) is 55.5 Å². The maximum atomic E-state index is 11.8. The molecule has 5 rings (SSSR count). The molecule has 0 amide bonds. The maximum Gasteiger partial charge on any atom is 0.317 e. The number of carbonyl (C=O) groups excluding carboxylic acids is 1. The van der Waals surface area contributed by atoms with Crippen LogP contribution >= 0.6 is 0 Å². The molecule has 276 valence electrons. The molecule has 18 heteroatoms. The number of carboxylic acid groups (broad SMARTS) is 1. The molecule has 0 aromatic carbocycles. The lowest BCUT2D eigenvalue weighted by molar-refractivity contribution is -0.366. The van der Waals surface area contributed by atoms with Gasteiger partial charge < -0.3 is 79.5 Å². The number of aliphatic hydroxyl groups excluding tert-OH is 9. The van der Waals surface area contributed by atoms with Gasteiger partial charge in [0.15, 0.2) is 24.8 Å². The summed E-state index contributed by atoms with van der Waals surface area (Å²) in [5.74, 6) is -3.04. The number of ether oxygens (including phenoxy) is 6. The first-order valence-electron chi connectivity index (χ1n) is 16.5. The van der Waals surface area contributed by atoms with Gasteiger partial charge in [0.25, 0.3) is 0 Å². The summed E-state index contributed by atoms with van der Waals surface area (Å²) in [4.78, 5) is 22.5. The van der Waals surface area contributed by atoms with E-state index in [1.807, 2.05) is 0 Å². The van der Waals surface area contributed by atoms with Crippen LogP contribution in [0.1, 0.15) is 51.4 Å². The average molecular weight is 698 g/mol. The van der Waals surface area contributed by atoms with Gasteiger partial charge in [0.1, 0.15) is 68.0 Å². The smallest absolute Gasteiger partial charge is 0.317 e. The van der Waals surface area contributed by atoms with Gasteiger partial charge in [0.05, 0.1) is 30.8 Å². The second kappa shape index (κ2) is 16.2. The van der Waals surface area contributed by atoms with Gasteiger partial charge in [0.2, 0.25) is 0 Å². The quantitative estimate of drug-likeness (QED) is 0.0583. The van der Waals surface area contributed by atoms with Crippen molar-refractivity contribution < 1.29 is 89.1 Å². The van der Waals surface area contributed by atoms with Crippen LogP contribution in [0.5, 0.6) is 0 Å². The summed E-state index contributed by atoms with van der Waals surface area (Å²) in [6.07, 6.45) is -17.6. The summed E-state index contributed by atoms with van der Waals surface area (Å²) in [5, 5.41) is 103. The predicted octanol–water partition coefficient (Wildman–Crippen LogP) is -4.63. The third-order valence-corrected chi connectivity index (χ3v) is 10.3. The number of carboxylic acids is 1. The van der Waals surface area contributed by atoms with Crippen molar-refractivity contribution in [3.05, 3.63) is 0 Å². The second-order valence-corrected chi connectivity index (χ2v) is 13.6. The van der Waals surface area contributed by atoms with E-state index >= 15 is 0 Å². The Labute approximate surface area is 275 Å². The molecule has 0 aromatic rings. The number of esters is 1. The lowest BCUT2D eigenvalue weighted by Gasteiger charge is -2.50. The fourth-order valence-corrected chi connectivity index (χ4v) is 7.65. The van der Waals surface area contributed by atoms with Crippen LogP contribution in [0.25, 0.3) is 0 Å². The summed E-state index contributed by atoms with van der Waals surface area (Å²) in [7, 11) is 0. The molecule has 2 saturated carbocycles. The largest absolute Gasteiger partial charge is 0.481 e. The van der Waals surface area contributed by atoms with E-state index < -0.39 is 136 Å². The Bertz CT molecular complexity index is 1070. The molecule has 18 nitrogen and oxygen atoms in total. The molecule has 5 fully saturated rings. The summed E-state index contributed by atoms with van der Waals surface area (Å²) in [6.45, 7) is -1.29. The minimum Gasteiger partial charge on any atom is -0.481 e. The molecule has 3 saturated heterocycles. The first kappa shape index (κ1) is 37.6. The minimum atomic E-state index is -1.79. The van der Waals surface area contributed by atoms with E-state index in [2.05, 4.69) is 0 Å². The zero-order valence-corrected chi connectivity index (χ0v) is 26.2. The van der Waals surface area contributed by atoms with Crippen molar-refractivity contribution >= 4 is 11.9 Å². The van der Waals surface area contributed by atoms with Gasteiger partial charge in [-0.25, -0.2) is 0 Å². The Morgan fingerprint density at radius 3 is 1.88 bits per heavy atom. The molecule has 3 aliphatic heterocycles. The van der Waals surface area contributed by atoms with Crippen LogP contribution in [0, 0.1) is 11.8 Å². The second-order valence-electron chi connectivity index (χ2n) is 13.6. The molecule has 0 bridgehead atoms. The maximum absolute atomic E-state index is 11.8. The van der Waals surface area contributed by atoms with Gasteiger partial charge in [0, 0.05) is 18.8 Å². The number of aliphatic hydroxyl groups is 11. The van der Waals surface area contributed by atoms with E-state index in [-0.39, 0.29) is 25.2 Å². The Morgan fingerprint density at radius 1 is 0.688 bits per heavy atom. The predicted molar refractivity (Wildman–Crippen MR) is 155 cm³/mol. The topological polar surface area (TPSA) is 295 Å². The van der Waals surface area contributed by atoms with Crippen LogP contribution in [-0.4, -0.2) is 179 Å². The van der Waals surface area contributed by atoms with Gasteiger partial charge in [-0.2, -0.15) is 0 Å². The van der Waals surface area contributed by atoms with Crippen molar-refractivity contribution in [2.24, 2.45) is 11.8 Å². The van der Waals surface area contributed by atoms with Gasteiger partial charge in [-0.1, -0.05) is 0 Å². The van der Waals surface area contributed by atoms with Gasteiger partial charge in [-0.15, -0.1) is 0 Å². The molecule has 3 heterocycles. The Balaban J connectivity index is 1.33. The number of aliphatic carboxylic acids is 1. The Morgan fingerprint density at radius 2 is 1.27 bits per heavy atom. The number of hydrogen-bond donors (Lipinski definition) is 10. The van der Waals surface area contributed by atoms with E-state index in [0.29, 0.717) is 25.7 Å². The van der Waals surface area contributed by atoms with Crippen molar-refractivity contribution in [1.29, 1.82) is 0 Å². The highest BCUT2D eigenvalue weighted by molar-refractivity contribution is 5.90. The van der Waals surface area contributed by atoms with Crippen LogP contribution in [0.4, 0.5) is 0 Å². The standard InChI is InChI=1S/C30H48O18/c31-9-18-22(37)24(39)26(41)30(47-18)46-17-7-14-15(44-28(17)11-1-3-12(32)4-2-11)5-13(33)6-16(14)45-29-27(42)25(40)23(38)19(48-29)10-43-21(36)8-20(34)35/h11-19,22-33,37-42H,1-10H2,(H,34,35)/p+1/t11?,12?,13?,14?,15?,16?,17?,18-,19-,22-,23-,24+,25+,26-,27-,28?,29-,30-/m1/s1. The Kier molecular flexibility index (Phi) is 12.7. The minimum absolute atomic E-state index is 0.0348. The fraction of sp³-hybridized carbons (Fsp3) is 0.933. The summed E-state index contributed by atoms with van der Waals surface area (Å²) >= 11 is 0. The summed E-state index contributed by atoms with van der Waals surface area (Å²) < 4.78 is 33.7. The van der Waals surface area contributed by atoms with E-state index in [0.717, 1.165) is 0 Å². The first-order valence-corrected chi connectivity index (χ1v) is 16.5.